The van der Waals surface area contributed by atoms with E-state index in [1.54, 1.807) is 6.92 Å². The molecule has 0 saturated heterocycles. The van der Waals surface area contributed by atoms with E-state index in [1.807, 2.05) is 30.3 Å². The van der Waals surface area contributed by atoms with Crippen molar-refractivity contribution in [2.45, 2.75) is 25.4 Å². The van der Waals surface area contributed by atoms with Gasteiger partial charge in [0.1, 0.15) is 0 Å². The Hall–Kier alpha value is -2.27. The van der Waals surface area contributed by atoms with Gasteiger partial charge in [-0.05, 0) is 31.0 Å². The van der Waals surface area contributed by atoms with Gasteiger partial charge in [0.2, 0.25) is 0 Å². The van der Waals surface area contributed by atoms with E-state index < -0.39 is 23.6 Å². The van der Waals surface area contributed by atoms with Crippen LogP contribution in [-0.2, 0) is 0 Å². The molecule has 122 valence electrons. The molecule has 2 unspecified atom stereocenters. The first-order valence-corrected chi connectivity index (χ1v) is 7.44. The third kappa shape index (κ3) is 4.60. The first-order valence-electron chi connectivity index (χ1n) is 7.44. The fourth-order valence-electron chi connectivity index (χ4n) is 2.46. The predicted molar refractivity (Wildman–Crippen MR) is 84.2 cm³/mol. The zero-order valence-electron chi connectivity index (χ0n) is 12.8. The summed E-state index contributed by atoms with van der Waals surface area (Å²) in [6, 6.07) is 12.9. The number of hydrogen-bond acceptors (Lipinski definition) is 2. The summed E-state index contributed by atoms with van der Waals surface area (Å²) in [5, 5.41) is 12.2. The number of halogens is 2. The van der Waals surface area contributed by atoms with Crippen molar-refractivity contribution < 1.29 is 18.7 Å². The Morgan fingerprint density at radius 1 is 1.13 bits per heavy atom. The molecule has 0 aliphatic carbocycles. The van der Waals surface area contributed by atoms with E-state index in [0.717, 1.165) is 11.6 Å². The van der Waals surface area contributed by atoms with Gasteiger partial charge in [0.15, 0.2) is 11.6 Å². The number of aliphatic hydroxyl groups excluding tert-OH is 1. The fraction of sp³-hybridized carbons (Fsp3) is 0.278. The number of carbonyl (C=O) groups is 1. The Bertz CT molecular complexity index is 659. The quantitative estimate of drug-likeness (QED) is 0.859. The van der Waals surface area contributed by atoms with Gasteiger partial charge in [-0.15, -0.1) is 0 Å². The smallest absolute Gasteiger partial charge is 0.254 e. The summed E-state index contributed by atoms with van der Waals surface area (Å²) in [5.74, 6) is -3.00. The zero-order valence-corrected chi connectivity index (χ0v) is 12.8. The second-order valence-electron chi connectivity index (χ2n) is 5.50. The molecule has 2 rings (SSSR count). The molecule has 0 fully saturated rings. The molecular weight excluding hydrogens is 300 g/mol. The van der Waals surface area contributed by atoms with Crippen LogP contribution in [0.15, 0.2) is 48.5 Å². The Morgan fingerprint density at radius 2 is 1.83 bits per heavy atom. The molecule has 0 bridgehead atoms. The maximum Gasteiger partial charge on any atom is 0.254 e. The molecule has 2 aromatic carbocycles. The Balaban J connectivity index is 2.09. The lowest BCUT2D eigenvalue weighted by Crippen LogP contribution is -2.30. The van der Waals surface area contributed by atoms with Gasteiger partial charge in [0.25, 0.3) is 5.91 Å². The predicted octanol–water partition coefficient (Wildman–Crippen LogP) is 3.25. The number of amides is 1. The van der Waals surface area contributed by atoms with Gasteiger partial charge in [0.05, 0.1) is 11.7 Å². The van der Waals surface area contributed by atoms with E-state index in [9.17, 15) is 18.7 Å². The molecule has 1 amide bonds. The molecule has 5 heteroatoms. The number of nitrogens with one attached hydrogen (secondary N) is 1. The van der Waals surface area contributed by atoms with Crippen molar-refractivity contribution in [3.05, 3.63) is 71.3 Å². The van der Waals surface area contributed by atoms with Gasteiger partial charge in [-0.3, -0.25) is 4.79 Å². The van der Waals surface area contributed by atoms with Crippen LogP contribution in [0.1, 0.15) is 35.2 Å². The highest BCUT2D eigenvalue weighted by atomic mass is 19.2. The van der Waals surface area contributed by atoms with Crippen LogP contribution in [0.4, 0.5) is 8.78 Å². The lowest BCUT2D eigenvalue weighted by atomic mass is 9.93. The van der Waals surface area contributed by atoms with Crippen molar-refractivity contribution >= 4 is 5.91 Å². The lowest BCUT2D eigenvalue weighted by molar-refractivity contribution is 0.0940. The number of rotatable bonds is 6. The van der Waals surface area contributed by atoms with Crippen molar-refractivity contribution in [3.8, 4) is 0 Å². The highest BCUT2D eigenvalue weighted by Crippen LogP contribution is 2.21. The van der Waals surface area contributed by atoms with Gasteiger partial charge >= 0.3 is 0 Å². The summed E-state index contributed by atoms with van der Waals surface area (Å²) < 4.78 is 26.8. The van der Waals surface area contributed by atoms with Gasteiger partial charge < -0.3 is 10.4 Å². The van der Waals surface area contributed by atoms with Crippen LogP contribution in [0.2, 0.25) is 0 Å². The first-order chi connectivity index (χ1) is 11.0. The van der Waals surface area contributed by atoms with Crippen molar-refractivity contribution in [1.82, 2.24) is 5.32 Å². The number of hydrogen-bond donors (Lipinski definition) is 2. The minimum Gasteiger partial charge on any atom is -0.393 e. The summed E-state index contributed by atoms with van der Waals surface area (Å²) in [5.41, 5.74) is 0.641. The van der Waals surface area contributed by atoms with Crippen LogP contribution in [0.5, 0.6) is 0 Å². The highest BCUT2D eigenvalue weighted by Gasteiger charge is 2.18. The number of benzene rings is 2. The Labute approximate surface area is 134 Å². The molecule has 0 radical (unpaired) electrons. The molecule has 3 nitrogen and oxygen atoms in total. The van der Waals surface area contributed by atoms with Crippen LogP contribution in [0, 0.1) is 11.6 Å². The minimum atomic E-state index is -1.16. The normalized spacial score (nSPS) is 13.4. The van der Waals surface area contributed by atoms with Crippen molar-refractivity contribution in [2.24, 2.45) is 0 Å². The second-order valence-corrected chi connectivity index (χ2v) is 5.50. The molecule has 0 aliphatic heterocycles. The van der Waals surface area contributed by atoms with Crippen LogP contribution >= 0.6 is 0 Å². The third-order valence-corrected chi connectivity index (χ3v) is 3.60. The van der Waals surface area contributed by atoms with Crippen molar-refractivity contribution in [2.75, 3.05) is 6.54 Å². The molecule has 2 atom stereocenters. The molecule has 0 spiro atoms. The van der Waals surface area contributed by atoms with Crippen LogP contribution in [0.25, 0.3) is 0 Å². The largest absolute Gasteiger partial charge is 0.393 e. The van der Waals surface area contributed by atoms with E-state index in [-0.39, 0.29) is 18.0 Å². The average Bonchev–Trinajstić information content (AvgIpc) is 2.54. The van der Waals surface area contributed by atoms with Gasteiger partial charge in [0, 0.05) is 12.5 Å². The van der Waals surface area contributed by atoms with Gasteiger partial charge in [-0.2, -0.15) is 0 Å². The summed E-state index contributed by atoms with van der Waals surface area (Å²) >= 11 is 0. The molecule has 0 saturated carbocycles. The molecule has 2 N–H and O–H groups in total. The minimum absolute atomic E-state index is 0.114. The van der Waals surface area contributed by atoms with E-state index >= 15 is 0 Å². The van der Waals surface area contributed by atoms with E-state index in [0.29, 0.717) is 6.42 Å². The molecule has 0 aromatic heterocycles. The molecule has 0 aliphatic rings. The SMILES string of the molecule is CC(O)CC(CNC(=O)c1cccc(F)c1F)c1ccccc1. The molecular formula is C18H19F2NO2. The summed E-state index contributed by atoms with van der Waals surface area (Å²) in [6.45, 7) is 1.90. The van der Waals surface area contributed by atoms with Crippen molar-refractivity contribution in [3.63, 3.8) is 0 Å². The van der Waals surface area contributed by atoms with E-state index in [2.05, 4.69) is 5.32 Å². The lowest BCUT2D eigenvalue weighted by Gasteiger charge is -2.19. The Kier molecular flexibility index (Phi) is 5.82. The second kappa shape index (κ2) is 7.83. The zero-order chi connectivity index (χ0) is 16.8. The van der Waals surface area contributed by atoms with Crippen LogP contribution in [-0.4, -0.2) is 23.7 Å². The topological polar surface area (TPSA) is 49.3 Å². The maximum atomic E-state index is 13.6. The van der Waals surface area contributed by atoms with E-state index in [4.69, 9.17) is 0 Å². The monoisotopic (exact) mass is 319 g/mol. The van der Waals surface area contributed by atoms with Crippen LogP contribution in [0.3, 0.4) is 0 Å². The fourth-order valence-corrected chi connectivity index (χ4v) is 2.46. The third-order valence-electron chi connectivity index (χ3n) is 3.60. The summed E-state index contributed by atoms with van der Waals surface area (Å²) in [7, 11) is 0. The average molecular weight is 319 g/mol. The summed E-state index contributed by atoms with van der Waals surface area (Å²) in [4.78, 5) is 12.1. The molecule has 0 heterocycles. The van der Waals surface area contributed by atoms with E-state index in [1.165, 1.54) is 12.1 Å². The number of aliphatic hydroxyl groups is 1. The molecule has 2 aromatic rings. The van der Waals surface area contributed by atoms with Gasteiger partial charge in [-0.1, -0.05) is 36.4 Å². The van der Waals surface area contributed by atoms with Crippen LogP contribution < -0.4 is 5.32 Å². The first kappa shape index (κ1) is 17.1. The molecule has 23 heavy (non-hydrogen) atoms. The Morgan fingerprint density at radius 3 is 2.48 bits per heavy atom. The standard InChI is InChI=1S/C18H19F2NO2/c1-12(22)10-14(13-6-3-2-4-7-13)11-21-18(23)15-8-5-9-16(19)17(15)20/h2-9,12,14,22H,10-11H2,1H3,(H,21,23). The van der Waals surface area contributed by atoms with Gasteiger partial charge in [-0.25, -0.2) is 8.78 Å². The summed E-state index contributed by atoms with van der Waals surface area (Å²) in [6.07, 6.45) is -0.0846. The highest BCUT2D eigenvalue weighted by molar-refractivity contribution is 5.94. The maximum absolute atomic E-state index is 13.6. The number of carbonyl (C=O) groups excluding carboxylic acids is 1. The van der Waals surface area contributed by atoms with Crippen molar-refractivity contribution in [1.29, 1.82) is 0 Å².